The maximum Gasteiger partial charge on any atom is 0.142 e. The Hall–Kier alpha value is -1.44. The van der Waals surface area contributed by atoms with Crippen molar-refractivity contribution in [2.45, 2.75) is 13.3 Å². The predicted molar refractivity (Wildman–Crippen MR) is 48.7 cm³/mol. The zero-order valence-electron chi connectivity index (χ0n) is 7.03. The fourth-order valence-corrected chi connectivity index (χ4v) is 0.943. The number of pyridine rings is 1. The van der Waals surface area contributed by atoms with Crippen molar-refractivity contribution < 1.29 is 4.79 Å². The number of carbonyl (C=O) groups is 1. The summed E-state index contributed by atoms with van der Waals surface area (Å²) < 4.78 is 0. The SMILES string of the molecule is CCc1cncc(C=CC=O)c1. The Balaban J connectivity index is 2.86. The predicted octanol–water partition coefficient (Wildman–Crippen LogP) is 1.86. The third-order valence-electron chi connectivity index (χ3n) is 1.59. The second-order valence-corrected chi connectivity index (χ2v) is 2.48. The molecule has 0 saturated heterocycles. The average Bonchev–Trinajstić information content (AvgIpc) is 2.15. The van der Waals surface area contributed by atoms with Gasteiger partial charge in [-0.15, -0.1) is 0 Å². The maximum absolute atomic E-state index is 10.0. The fraction of sp³-hybridized carbons (Fsp3) is 0.200. The lowest BCUT2D eigenvalue weighted by Crippen LogP contribution is -1.83. The zero-order chi connectivity index (χ0) is 8.81. The molecule has 1 heterocycles. The number of aromatic nitrogens is 1. The van der Waals surface area contributed by atoms with E-state index < -0.39 is 0 Å². The first-order valence-corrected chi connectivity index (χ1v) is 3.92. The van der Waals surface area contributed by atoms with Crippen molar-refractivity contribution in [3.05, 3.63) is 35.7 Å². The van der Waals surface area contributed by atoms with E-state index >= 15 is 0 Å². The molecule has 12 heavy (non-hydrogen) atoms. The van der Waals surface area contributed by atoms with Gasteiger partial charge in [0.2, 0.25) is 0 Å². The van der Waals surface area contributed by atoms with Gasteiger partial charge in [-0.05, 0) is 29.7 Å². The highest BCUT2D eigenvalue weighted by Crippen LogP contribution is 2.04. The van der Waals surface area contributed by atoms with E-state index in [1.54, 1.807) is 12.3 Å². The minimum absolute atomic E-state index is 0.763. The number of carbonyl (C=O) groups excluding carboxylic acids is 1. The lowest BCUT2D eigenvalue weighted by molar-refractivity contribution is -0.104. The summed E-state index contributed by atoms with van der Waals surface area (Å²) in [5.41, 5.74) is 2.16. The van der Waals surface area contributed by atoms with Crippen LogP contribution in [0.1, 0.15) is 18.1 Å². The molecule has 0 amide bonds. The molecular formula is C10H11NO. The monoisotopic (exact) mass is 161 g/mol. The lowest BCUT2D eigenvalue weighted by Gasteiger charge is -1.95. The number of hydrogen-bond donors (Lipinski definition) is 0. The summed E-state index contributed by atoms with van der Waals surface area (Å²) in [6.07, 6.45) is 8.52. The molecule has 0 bridgehead atoms. The van der Waals surface area contributed by atoms with E-state index in [2.05, 4.69) is 11.9 Å². The Morgan fingerprint density at radius 2 is 2.33 bits per heavy atom. The molecule has 1 aromatic rings. The first kappa shape index (κ1) is 8.65. The summed E-state index contributed by atoms with van der Waals surface area (Å²) >= 11 is 0. The van der Waals surface area contributed by atoms with Crippen LogP contribution in [-0.2, 0) is 11.2 Å². The largest absolute Gasteiger partial charge is 0.299 e. The molecule has 0 aliphatic carbocycles. The Morgan fingerprint density at radius 1 is 1.50 bits per heavy atom. The highest BCUT2D eigenvalue weighted by Gasteiger charge is 1.90. The van der Waals surface area contributed by atoms with Gasteiger partial charge in [-0.1, -0.05) is 13.0 Å². The van der Waals surface area contributed by atoms with Crippen LogP contribution in [0.3, 0.4) is 0 Å². The van der Waals surface area contributed by atoms with Crippen LogP contribution in [-0.4, -0.2) is 11.3 Å². The van der Waals surface area contributed by atoms with E-state index in [1.807, 2.05) is 12.3 Å². The van der Waals surface area contributed by atoms with Gasteiger partial charge >= 0.3 is 0 Å². The van der Waals surface area contributed by atoms with E-state index in [1.165, 1.54) is 11.6 Å². The lowest BCUT2D eigenvalue weighted by atomic mass is 10.1. The molecule has 1 rings (SSSR count). The van der Waals surface area contributed by atoms with E-state index in [-0.39, 0.29) is 0 Å². The number of nitrogens with zero attached hydrogens (tertiary/aromatic N) is 1. The van der Waals surface area contributed by atoms with Crippen molar-refractivity contribution in [1.82, 2.24) is 4.98 Å². The van der Waals surface area contributed by atoms with E-state index in [0.29, 0.717) is 0 Å². The first-order chi connectivity index (χ1) is 5.86. The van der Waals surface area contributed by atoms with Crippen molar-refractivity contribution in [3.8, 4) is 0 Å². The van der Waals surface area contributed by atoms with Crippen LogP contribution >= 0.6 is 0 Å². The zero-order valence-corrected chi connectivity index (χ0v) is 7.03. The number of rotatable bonds is 3. The molecule has 62 valence electrons. The van der Waals surface area contributed by atoms with Crippen molar-refractivity contribution in [2.75, 3.05) is 0 Å². The topological polar surface area (TPSA) is 30.0 Å². The minimum atomic E-state index is 0.763. The number of hydrogen-bond acceptors (Lipinski definition) is 2. The van der Waals surface area contributed by atoms with E-state index in [9.17, 15) is 4.79 Å². The molecule has 2 nitrogen and oxygen atoms in total. The molecule has 0 aliphatic heterocycles. The quantitative estimate of drug-likeness (QED) is 0.500. The summed E-state index contributed by atoms with van der Waals surface area (Å²) in [4.78, 5) is 14.1. The van der Waals surface area contributed by atoms with Gasteiger partial charge in [-0.3, -0.25) is 9.78 Å². The van der Waals surface area contributed by atoms with Gasteiger partial charge in [0, 0.05) is 12.4 Å². The first-order valence-electron chi connectivity index (χ1n) is 3.92. The molecule has 1 aromatic heterocycles. The third-order valence-corrected chi connectivity index (χ3v) is 1.59. The van der Waals surface area contributed by atoms with Crippen molar-refractivity contribution in [3.63, 3.8) is 0 Å². The molecule has 0 unspecified atom stereocenters. The summed E-state index contributed by atoms with van der Waals surface area (Å²) in [6.45, 7) is 2.07. The van der Waals surface area contributed by atoms with Crippen molar-refractivity contribution in [1.29, 1.82) is 0 Å². The Morgan fingerprint density at radius 3 is 3.00 bits per heavy atom. The van der Waals surface area contributed by atoms with Crippen molar-refractivity contribution >= 4 is 12.4 Å². The number of aldehydes is 1. The standard InChI is InChI=1S/C10H11NO/c1-2-9-6-10(4-3-5-12)8-11-7-9/h3-8H,2H2,1H3. The molecule has 0 aromatic carbocycles. The fourth-order valence-electron chi connectivity index (χ4n) is 0.943. The van der Waals surface area contributed by atoms with Gasteiger partial charge in [-0.2, -0.15) is 0 Å². The number of allylic oxidation sites excluding steroid dienone is 1. The maximum atomic E-state index is 10.0. The van der Waals surface area contributed by atoms with Gasteiger partial charge in [0.05, 0.1) is 0 Å². The minimum Gasteiger partial charge on any atom is -0.299 e. The summed E-state index contributed by atoms with van der Waals surface area (Å²) in [5.74, 6) is 0. The van der Waals surface area contributed by atoms with Gasteiger partial charge < -0.3 is 0 Å². The molecular weight excluding hydrogens is 150 g/mol. The van der Waals surface area contributed by atoms with Crippen LogP contribution in [0.25, 0.3) is 6.08 Å². The molecule has 0 atom stereocenters. The molecule has 2 heteroatoms. The highest BCUT2D eigenvalue weighted by molar-refractivity contribution is 5.73. The van der Waals surface area contributed by atoms with E-state index in [4.69, 9.17) is 0 Å². The highest BCUT2D eigenvalue weighted by atomic mass is 16.1. The summed E-state index contributed by atoms with van der Waals surface area (Å²) in [7, 11) is 0. The smallest absolute Gasteiger partial charge is 0.142 e. The second kappa shape index (κ2) is 4.44. The average molecular weight is 161 g/mol. The number of aryl methyl sites for hydroxylation is 1. The van der Waals surface area contributed by atoms with Crippen LogP contribution < -0.4 is 0 Å². The molecule has 0 aliphatic rings. The van der Waals surface area contributed by atoms with Gasteiger partial charge in [0.15, 0.2) is 0 Å². The van der Waals surface area contributed by atoms with Gasteiger partial charge in [0.1, 0.15) is 6.29 Å². The molecule has 0 spiro atoms. The van der Waals surface area contributed by atoms with Crippen LogP contribution in [0.2, 0.25) is 0 Å². The Bertz CT molecular complexity index is 292. The summed E-state index contributed by atoms with van der Waals surface area (Å²) in [6, 6.07) is 2.02. The van der Waals surface area contributed by atoms with Crippen LogP contribution in [0.4, 0.5) is 0 Å². The molecule has 0 saturated carbocycles. The molecule has 0 N–H and O–H groups in total. The van der Waals surface area contributed by atoms with Crippen LogP contribution in [0.15, 0.2) is 24.5 Å². The normalized spacial score (nSPS) is 10.4. The van der Waals surface area contributed by atoms with Crippen molar-refractivity contribution in [2.24, 2.45) is 0 Å². The van der Waals surface area contributed by atoms with E-state index in [0.717, 1.165) is 18.3 Å². The van der Waals surface area contributed by atoms with Gasteiger partial charge in [0.25, 0.3) is 0 Å². The molecule has 0 radical (unpaired) electrons. The van der Waals surface area contributed by atoms with Gasteiger partial charge in [-0.25, -0.2) is 0 Å². The Labute approximate surface area is 71.9 Å². The third kappa shape index (κ3) is 2.31. The molecule has 0 fully saturated rings. The summed E-state index contributed by atoms with van der Waals surface area (Å²) in [5, 5.41) is 0. The van der Waals surface area contributed by atoms with Crippen LogP contribution in [0.5, 0.6) is 0 Å². The second-order valence-electron chi connectivity index (χ2n) is 2.48. The Kier molecular flexibility index (Phi) is 3.20. The van der Waals surface area contributed by atoms with Crippen LogP contribution in [0, 0.1) is 0 Å².